The molecule has 3 aliphatic rings. The maximum absolute atomic E-state index is 13.3. The van der Waals surface area contributed by atoms with Crippen LogP contribution in [0.3, 0.4) is 0 Å². The second kappa shape index (κ2) is 6.70. The average molecular weight is 376 g/mol. The Kier molecular flexibility index (Phi) is 4.52. The fraction of sp³-hybridized carbons (Fsp3) is 0.526. The number of nitrogens with zero attached hydrogens (tertiary/aromatic N) is 2. The first-order chi connectivity index (χ1) is 12.5. The Morgan fingerprint density at radius 3 is 2.58 bits per heavy atom. The van der Waals surface area contributed by atoms with Crippen LogP contribution in [0.4, 0.5) is 0 Å². The van der Waals surface area contributed by atoms with Gasteiger partial charge in [-0.1, -0.05) is 18.2 Å². The van der Waals surface area contributed by atoms with Gasteiger partial charge in [0.1, 0.15) is 0 Å². The van der Waals surface area contributed by atoms with Gasteiger partial charge in [0.25, 0.3) is 5.91 Å². The maximum Gasteiger partial charge on any atom is 0.268 e. The second-order valence-corrected chi connectivity index (χ2v) is 8.98. The highest BCUT2D eigenvalue weighted by molar-refractivity contribution is 7.97. The van der Waals surface area contributed by atoms with Gasteiger partial charge in [0, 0.05) is 31.2 Å². The van der Waals surface area contributed by atoms with E-state index in [4.69, 9.17) is 4.74 Å². The van der Waals surface area contributed by atoms with Gasteiger partial charge >= 0.3 is 0 Å². The number of rotatable bonds is 2. The molecule has 0 saturated carbocycles. The number of likely N-dealkylation sites (tertiary alicyclic amines) is 1. The van der Waals surface area contributed by atoms with Crippen molar-refractivity contribution < 1.29 is 17.9 Å². The highest BCUT2D eigenvalue weighted by Gasteiger charge is 2.44. The van der Waals surface area contributed by atoms with Gasteiger partial charge in [0.05, 0.1) is 23.8 Å². The summed E-state index contributed by atoms with van der Waals surface area (Å²) in [5.41, 5.74) is 1.27. The zero-order valence-electron chi connectivity index (χ0n) is 15.0. The third kappa shape index (κ3) is 2.74. The van der Waals surface area contributed by atoms with Crippen molar-refractivity contribution in [3.63, 3.8) is 0 Å². The zero-order valence-corrected chi connectivity index (χ0v) is 15.8. The maximum atomic E-state index is 13.3. The molecule has 3 heterocycles. The molecule has 7 heteroatoms. The Hall–Kier alpha value is -1.86. The number of benzene rings is 1. The number of morpholine rings is 1. The Balaban J connectivity index is 1.87. The van der Waals surface area contributed by atoms with E-state index >= 15 is 0 Å². The molecule has 26 heavy (non-hydrogen) atoms. The minimum Gasteiger partial charge on any atom is -0.378 e. The van der Waals surface area contributed by atoms with Crippen molar-refractivity contribution in [2.45, 2.75) is 37.1 Å². The summed E-state index contributed by atoms with van der Waals surface area (Å²) < 4.78 is 31.8. The van der Waals surface area contributed by atoms with Gasteiger partial charge in [-0.3, -0.25) is 4.79 Å². The molecular weight excluding hydrogens is 352 g/mol. The Morgan fingerprint density at radius 1 is 1.12 bits per heavy atom. The molecule has 2 saturated heterocycles. The summed E-state index contributed by atoms with van der Waals surface area (Å²) >= 11 is 0. The topological polar surface area (TPSA) is 66.9 Å². The molecule has 0 unspecified atom stereocenters. The van der Waals surface area contributed by atoms with Crippen molar-refractivity contribution in [2.75, 3.05) is 32.8 Å². The lowest BCUT2D eigenvalue weighted by molar-refractivity contribution is -0.130. The first-order valence-corrected chi connectivity index (χ1v) is 10.7. The normalized spacial score (nSPS) is 25.3. The van der Waals surface area contributed by atoms with E-state index < -0.39 is 15.7 Å². The number of ether oxygens (including phenoxy) is 1. The predicted octanol–water partition coefficient (Wildman–Crippen LogP) is 1.88. The van der Waals surface area contributed by atoms with E-state index in [-0.39, 0.29) is 15.8 Å². The van der Waals surface area contributed by atoms with E-state index in [1.54, 1.807) is 17.0 Å². The van der Waals surface area contributed by atoms with Crippen LogP contribution in [0.2, 0.25) is 0 Å². The van der Waals surface area contributed by atoms with E-state index in [0.29, 0.717) is 37.6 Å². The van der Waals surface area contributed by atoms with Crippen molar-refractivity contribution in [3.05, 3.63) is 34.7 Å². The number of piperidine rings is 1. The summed E-state index contributed by atoms with van der Waals surface area (Å²) in [5.74, 6) is -0.391. The van der Waals surface area contributed by atoms with E-state index in [0.717, 1.165) is 25.8 Å². The average Bonchev–Trinajstić information content (AvgIpc) is 2.90. The molecular formula is C19H24N2O4S. The lowest BCUT2D eigenvalue weighted by Gasteiger charge is -2.37. The summed E-state index contributed by atoms with van der Waals surface area (Å²) in [4.78, 5) is 17.2. The predicted molar refractivity (Wildman–Crippen MR) is 98.0 cm³/mol. The molecule has 6 nitrogen and oxygen atoms in total. The van der Waals surface area contributed by atoms with Crippen molar-refractivity contribution in [1.82, 2.24) is 9.80 Å². The minimum atomic E-state index is -3.81. The lowest BCUT2D eigenvalue weighted by Crippen LogP contribution is -2.43. The summed E-state index contributed by atoms with van der Waals surface area (Å²) in [6.45, 7) is 4.63. The standard InChI is InChI=1S/C19H24N2O4S/c1-14-6-4-5-9-21(14)17-15-7-2-3-8-16(15)26(23,24)18(17)19(22)20-10-12-25-13-11-20/h2-3,7-8,14H,4-6,9-13H2,1H3/t14-/m1/s1. The molecule has 4 rings (SSSR count). The third-order valence-electron chi connectivity index (χ3n) is 5.50. The third-order valence-corrected chi connectivity index (χ3v) is 7.34. The highest BCUT2D eigenvalue weighted by atomic mass is 32.2. The molecule has 140 valence electrons. The van der Waals surface area contributed by atoms with Crippen molar-refractivity contribution in [1.29, 1.82) is 0 Å². The molecule has 0 aromatic heterocycles. The van der Waals surface area contributed by atoms with Crippen LogP contribution < -0.4 is 0 Å². The fourth-order valence-electron chi connectivity index (χ4n) is 4.10. The van der Waals surface area contributed by atoms with Crippen LogP contribution in [0.15, 0.2) is 34.1 Å². The first kappa shape index (κ1) is 17.5. The molecule has 0 spiro atoms. The van der Waals surface area contributed by atoms with Crippen molar-refractivity contribution in [3.8, 4) is 0 Å². The van der Waals surface area contributed by atoms with Gasteiger partial charge in [-0.15, -0.1) is 0 Å². The summed E-state index contributed by atoms with van der Waals surface area (Å²) in [7, 11) is -3.81. The van der Waals surface area contributed by atoms with E-state index in [1.807, 2.05) is 12.1 Å². The van der Waals surface area contributed by atoms with Gasteiger partial charge in [-0.05, 0) is 32.3 Å². The monoisotopic (exact) mass is 376 g/mol. The van der Waals surface area contributed by atoms with E-state index in [9.17, 15) is 13.2 Å². The van der Waals surface area contributed by atoms with Crippen molar-refractivity contribution >= 4 is 21.4 Å². The molecule has 1 amide bonds. The largest absolute Gasteiger partial charge is 0.378 e. The molecule has 1 aromatic carbocycles. The molecule has 1 aromatic rings. The Bertz CT molecular complexity index is 856. The van der Waals surface area contributed by atoms with Crippen molar-refractivity contribution in [2.24, 2.45) is 0 Å². The van der Waals surface area contributed by atoms with Gasteiger partial charge in [0.15, 0.2) is 4.91 Å². The molecule has 0 bridgehead atoms. The van der Waals surface area contributed by atoms with Crippen LogP contribution in [-0.2, 0) is 19.4 Å². The summed E-state index contributed by atoms with van der Waals surface area (Å²) in [6.07, 6.45) is 3.14. The van der Waals surface area contributed by atoms with Gasteiger partial charge in [-0.25, -0.2) is 8.42 Å². The van der Waals surface area contributed by atoms with Gasteiger partial charge in [-0.2, -0.15) is 0 Å². The summed E-state index contributed by atoms with van der Waals surface area (Å²) in [5, 5.41) is 0. The number of fused-ring (bicyclic) bond motifs is 1. The van der Waals surface area contributed by atoms with Crippen LogP contribution in [0.25, 0.3) is 5.70 Å². The van der Waals surface area contributed by atoms with Crippen LogP contribution in [0, 0.1) is 0 Å². The Morgan fingerprint density at radius 2 is 1.85 bits per heavy atom. The number of hydrogen-bond acceptors (Lipinski definition) is 5. The van der Waals surface area contributed by atoms with E-state index in [1.165, 1.54) is 0 Å². The lowest BCUT2D eigenvalue weighted by atomic mass is 10.00. The zero-order chi connectivity index (χ0) is 18.3. The number of hydrogen-bond donors (Lipinski definition) is 0. The smallest absolute Gasteiger partial charge is 0.268 e. The molecule has 0 N–H and O–H groups in total. The molecule has 0 radical (unpaired) electrons. The SMILES string of the molecule is C[C@@H]1CCCCN1C1=C(C(=O)N2CCOCC2)S(=O)(=O)c2ccccc21. The minimum absolute atomic E-state index is 0.0469. The number of amides is 1. The molecule has 3 aliphatic heterocycles. The quantitative estimate of drug-likeness (QED) is 0.788. The van der Waals surface area contributed by atoms with E-state index in [2.05, 4.69) is 11.8 Å². The number of carbonyl (C=O) groups excluding carboxylic acids is 1. The summed E-state index contributed by atoms with van der Waals surface area (Å²) in [6, 6.07) is 7.20. The van der Waals surface area contributed by atoms with Crippen LogP contribution >= 0.6 is 0 Å². The van der Waals surface area contributed by atoms with Crippen LogP contribution in [0.5, 0.6) is 0 Å². The Labute approximate surface area is 154 Å². The first-order valence-electron chi connectivity index (χ1n) is 9.24. The van der Waals surface area contributed by atoms with Gasteiger partial charge in [0.2, 0.25) is 9.84 Å². The number of sulfone groups is 1. The van der Waals surface area contributed by atoms with Crippen LogP contribution in [0.1, 0.15) is 31.7 Å². The second-order valence-electron chi connectivity index (χ2n) is 7.12. The number of carbonyl (C=O) groups is 1. The van der Waals surface area contributed by atoms with Gasteiger partial charge < -0.3 is 14.5 Å². The molecule has 1 atom stereocenters. The van der Waals surface area contributed by atoms with Crippen LogP contribution in [-0.4, -0.2) is 63.0 Å². The molecule has 2 fully saturated rings. The fourth-order valence-corrected chi connectivity index (χ4v) is 5.87. The molecule has 0 aliphatic carbocycles. The highest BCUT2D eigenvalue weighted by Crippen LogP contribution is 2.43.